The van der Waals surface area contributed by atoms with Crippen molar-refractivity contribution in [2.24, 2.45) is 5.10 Å². The lowest BCUT2D eigenvalue weighted by Gasteiger charge is -2.29. The van der Waals surface area contributed by atoms with Crippen LogP contribution in [0.2, 0.25) is 0 Å². The molecule has 124 valence electrons. The third kappa shape index (κ3) is 3.87. The van der Waals surface area contributed by atoms with E-state index < -0.39 is 4.92 Å². The molecule has 0 amide bonds. The highest BCUT2D eigenvalue weighted by Crippen LogP contribution is 2.20. The smallest absolute Gasteiger partial charge is 0.271 e. The summed E-state index contributed by atoms with van der Waals surface area (Å²) in [6, 6.07) is 12.7. The molecule has 6 nitrogen and oxygen atoms in total. The van der Waals surface area contributed by atoms with Crippen LogP contribution >= 0.6 is 0 Å². The molecule has 1 N–H and O–H groups in total. The fourth-order valence-electron chi connectivity index (χ4n) is 2.62. The van der Waals surface area contributed by atoms with E-state index in [1.54, 1.807) is 24.3 Å². The van der Waals surface area contributed by atoms with Crippen LogP contribution in [0.25, 0.3) is 0 Å². The summed E-state index contributed by atoms with van der Waals surface area (Å²) >= 11 is 0. The van der Waals surface area contributed by atoms with Crippen LogP contribution in [0.4, 0.5) is 21.5 Å². The molecule has 0 spiro atoms. The van der Waals surface area contributed by atoms with E-state index in [2.05, 4.69) is 15.4 Å². The summed E-state index contributed by atoms with van der Waals surface area (Å²) in [5.41, 5.74) is 5.53. The van der Waals surface area contributed by atoms with Crippen LogP contribution in [-0.4, -0.2) is 23.7 Å². The van der Waals surface area contributed by atoms with Crippen LogP contribution < -0.4 is 10.3 Å². The molecule has 1 fully saturated rings. The first kappa shape index (κ1) is 15.9. The average Bonchev–Trinajstić information content (AvgIpc) is 2.61. The van der Waals surface area contributed by atoms with Crippen molar-refractivity contribution in [1.82, 2.24) is 0 Å². The number of nitro benzene ring substituents is 1. The van der Waals surface area contributed by atoms with Gasteiger partial charge in [-0.1, -0.05) is 6.07 Å². The van der Waals surface area contributed by atoms with Crippen molar-refractivity contribution >= 4 is 22.8 Å². The van der Waals surface area contributed by atoms with Crippen molar-refractivity contribution in [1.29, 1.82) is 0 Å². The fourth-order valence-corrected chi connectivity index (χ4v) is 2.62. The van der Waals surface area contributed by atoms with E-state index in [-0.39, 0.29) is 11.5 Å². The maximum atomic E-state index is 13.0. The zero-order valence-electron chi connectivity index (χ0n) is 13.0. The van der Waals surface area contributed by atoms with Gasteiger partial charge in [-0.15, -0.1) is 0 Å². The lowest BCUT2D eigenvalue weighted by molar-refractivity contribution is -0.384. The lowest BCUT2D eigenvalue weighted by Crippen LogP contribution is -2.34. The summed E-state index contributed by atoms with van der Waals surface area (Å²) in [5, 5.41) is 15.1. The molecule has 1 saturated heterocycles. The Morgan fingerprint density at radius 3 is 2.50 bits per heavy atom. The molecule has 7 heteroatoms. The summed E-state index contributed by atoms with van der Waals surface area (Å²) in [7, 11) is 0. The van der Waals surface area contributed by atoms with Crippen LogP contribution in [-0.2, 0) is 0 Å². The zero-order chi connectivity index (χ0) is 16.9. The number of non-ortho nitro benzene ring substituents is 1. The minimum atomic E-state index is -0.431. The monoisotopic (exact) mass is 328 g/mol. The Morgan fingerprint density at radius 2 is 1.83 bits per heavy atom. The van der Waals surface area contributed by atoms with Gasteiger partial charge in [0.2, 0.25) is 0 Å². The number of nitrogens with one attached hydrogen (secondary N) is 1. The van der Waals surface area contributed by atoms with E-state index in [4.69, 9.17) is 0 Å². The van der Waals surface area contributed by atoms with Crippen LogP contribution in [0.5, 0.6) is 0 Å². The van der Waals surface area contributed by atoms with E-state index in [0.29, 0.717) is 5.69 Å². The first-order chi connectivity index (χ1) is 11.6. The van der Waals surface area contributed by atoms with E-state index in [9.17, 15) is 14.5 Å². The van der Waals surface area contributed by atoms with Gasteiger partial charge in [-0.05, 0) is 30.3 Å². The van der Waals surface area contributed by atoms with Gasteiger partial charge in [0.1, 0.15) is 5.82 Å². The Morgan fingerprint density at radius 1 is 1.12 bits per heavy atom. The summed E-state index contributed by atoms with van der Waals surface area (Å²) in [6.45, 7) is 1.61. The number of anilines is 2. The minimum Gasteiger partial charge on any atom is -0.371 e. The number of halogens is 1. The fraction of sp³-hybridized carbons (Fsp3) is 0.235. The lowest BCUT2D eigenvalue weighted by atomic mass is 10.1. The van der Waals surface area contributed by atoms with Crippen molar-refractivity contribution in [3.63, 3.8) is 0 Å². The van der Waals surface area contributed by atoms with E-state index in [1.165, 1.54) is 24.3 Å². The molecule has 3 rings (SSSR count). The molecular formula is C17H17FN4O2. The molecule has 0 radical (unpaired) electrons. The van der Waals surface area contributed by atoms with Gasteiger partial charge >= 0.3 is 0 Å². The SMILES string of the molecule is O=[N+]([O-])c1cccc(NN=C2CCN(c3ccc(F)cc3)CC2)c1. The van der Waals surface area contributed by atoms with Crippen molar-refractivity contribution in [2.75, 3.05) is 23.4 Å². The molecule has 0 saturated carbocycles. The number of rotatable bonds is 4. The van der Waals surface area contributed by atoms with Gasteiger partial charge in [0.05, 0.1) is 10.6 Å². The topological polar surface area (TPSA) is 70.8 Å². The molecule has 2 aromatic rings. The highest BCUT2D eigenvalue weighted by Gasteiger charge is 2.15. The Kier molecular flexibility index (Phi) is 4.69. The Balaban J connectivity index is 1.58. The number of hydrogen-bond donors (Lipinski definition) is 1. The van der Waals surface area contributed by atoms with Crippen molar-refractivity contribution in [3.8, 4) is 0 Å². The first-order valence-electron chi connectivity index (χ1n) is 7.68. The third-order valence-electron chi connectivity index (χ3n) is 3.93. The molecule has 2 aromatic carbocycles. The summed E-state index contributed by atoms with van der Waals surface area (Å²) in [4.78, 5) is 12.5. The molecule has 24 heavy (non-hydrogen) atoms. The highest BCUT2D eigenvalue weighted by molar-refractivity contribution is 5.87. The van der Waals surface area contributed by atoms with Crippen molar-refractivity contribution in [3.05, 3.63) is 64.5 Å². The van der Waals surface area contributed by atoms with Crippen molar-refractivity contribution in [2.45, 2.75) is 12.8 Å². The summed E-state index contributed by atoms with van der Waals surface area (Å²) in [6.07, 6.45) is 1.58. The maximum absolute atomic E-state index is 13.0. The molecular weight excluding hydrogens is 311 g/mol. The normalized spacial score (nSPS) is 14.4. The van der Waals surface area contributed by atoms with Crippen LogP contribution in [0.3, 0.4) is 0 Å². The van der Waals surface area contributed by atoms with Crippen LogP contribution in [0.1, 0.15) is 12.8 Å². The van der Waals surface area contributed by atoms with Gasteiger partial charge < -0.3 is 4.90 Å². The van der Waals surface area contributed by atoms with E-state index in [0.717, 1.165) is 37.3 Å². The number of nitro groups is 1. The predicted octanol–water partition coefficient (Wildman–Crippen LogP) is 3.80. The van der Waals surface area contributed by atoms with Gasteiger partial charge in [-0.2, -0.15) is 5.10 Å². The van der Waals surface area contributed by atoms with Gasteiger partial charge in [0.25, 0.3) is 5.69 Å². The maximum Gasteiger partial charge on any atom is 0.271 e. The number of hydrazone groups is 1. The van der Waals surface area contributed by atoms with Gasteiger partial charge in [0.15, 0.2) is 0 Å². The Bertz CT molecular complexity index is 751. The van der Waals surface area contributed by atoms with Gasteiger partial charge in [-0.25, -0.2) is 4.39 Å². The molecule has 1 heterocycles. The standard InChI is InChI=1S/C17H17FN4O2/c18-13-4-6-16(7-5-13)21-10-8-14(9-11-21)19-20-15-2-1-3-17(12-15)22(23)24/h1-7,12,20H,8-11H2. The second-order valence-corrected chi connectivity index (χ2v) is 5.56. The molecule has 0 atom stereocenters. The van der Waals surface area contributed by atoms with Gasteiger partial charge in [0, 0.05) is 49.5 Å². The Hall–Kier alpha value is -2.96. The number of hydrogen-bond acceptors (Lipinski definition) is 5. The number of benzene rings is 2. The van der Waals surface area contributed by atoms with E-state index in [1.807, 2.05) is 0 Å². The minimum absolute atomic E-state index is 0.0336. The Labute approximate surface area is 138 Å². The number of nitrogens with zero attached hydrogens (tertiary/aromatic N) is 3. The third-order valence-corrected chi connectivity index (χ3v) is 3.93. The molecule has 0 unspecified atom stereocenters. The molecule has 1 aliphatic heterocycles. The highest BCUT2D eigenvalue weighted by atomic mass is 19.1. The van der Waals surface area contributed by atoms with Gasteiger partial charge in [-0.3, -0.25) is 15.5 Å². The second-order valence-electron chi connectivity index (χ2n) is 5.56. The van der Waals surface area contributed by atoms with Crippen LogP contribution in [0.15, 0.2) is 53.6 Å². The molecule has 1 aliphatic rings. The second kappa shape index (κ2) is 7.08. The first-order valence-corrected chi connectivity index (χ1v) is 7.68. The molecule has 0 aromatic heterocycles. The van der Waals surface area contributed by atoms with Crippen molar-refractivity contribution < 1.29 is 9.31 Å². The zero-order valence-corrected chi connectivity index (χ0v) is 13.0. The predicted molar refractivity (Wildman–Crippen MR) is 92.0 cm³/mol. The summed E-state index contributed by atoms with van der Waals surface area (Å²) in [5.74, 6) is -0.237. The quantitative estimate of drug-likeness (QED) is 0.684. The average molecular weight is 328 g/mol. The van der Waals surface area contributed by atoms with Crippen LogP contribution in [0, 0.1) is 15.9 Å². The number of piperidine rings is 1. The molecule has 0 bridgehead atoms. The largest absolute Gasteiger partial charge is 0.371 e. The van der Waals surface area contributed by atoms with E-state index >= 15 is 0 Å². The molecule has 0 aliphatic carbocycles. The summed E-state index contributed by atoms with van der Waals surface area (Å²) < 4.78 is 13.0.